The molecule has 1 heterocycles. The van der Waals surface area contributed by atoms with E-state index < -0.39 is 0 Å². The Morgan fingerprint density at radius 3 is 3.00 bits per heavy atom. The number of rotatable bonds is 8. The molecule has 1 aliphatic rings. The van der Waals surface area contributed by atoms with Gasteiger partial charge in [0, 0.05) is 16.8 Å². The molecule has 114 valence electrons. The highest BCUT2D eigenvalue weighted by atomic mass is 32.1. The van der Waals surface area contributed by atoms with Gasteiger partial charge in [-0.15, -0.1) is 11.3 Å². The number of thiophene rings is 1. The van der Waals surface area contributed by atoms with E-state index in [0.717, 1.165) is 5.92 Å². The number of hydrogen-bond acceptors (Lipinski definition) is 3. The summed E-state index contributed by atoms with van der Waals surface area (Å²) in [6.07, 6.45) is 10.4. The Morgan fingerprint density at radius 2 is 2.30 bits per heavy atom. The first-order chi connectivity index (χ1) is 9.80. The van der Waals surface area contributed by atoms with Gasteiger partial charge in [0.15, 0.2) is 0 Å². The van der Waals surface area contributed by atoms with Crippen LogP contribution in [-0.4, -0.2) is 6.04 Å². The number of nitrogens with one attached hydrogen (secondary N) is 1. The van der Waals surface area contributed by atoms with E-state index in [2.05, 4.69) is 30.7 Å². The maximum absolute atomic E-state index is 5.91. The Labute approximate surface area is 128 Å². The third-order valence-corrected chi connectivity index (χ3v) is 5.93. The molecule has 3 heteroatoms. The second-order valence-electron chi connectivity index (χ2n) is 6.22. The third-order valence-electron chi connectivity index (χ3n) is 4.93. The third kappa shape index (κ3) is 3.84. The van der Waals surface area contributed by atoms with E-state index >= 15 is 0 Å². The molecular formula is C17H30N2S. The van der Waals surface area contributed by atoms with Crippen molar-refractivity contribution in [1.82, 2.24) is 5.43 Å². The zero-order valence-electron chi connectivity index (χ0n) is 13.0. The molecule has 1 aliphatic carbocycles. The molecule has 0 fully saturated rings. The first kappa shape index (κ1) is 16.0. The second kappa shape index (κ2) is 8.16. The van der Waals surface area contributed by atoms with Gasteiger partial charge in [0.25, 0.3) is 0 Å². The molecule has 0 aliphatic heterocycles. The lowest BCUT2D eigenvalue weighted by molar-refractivity contribution is 0.304. The van der Waals surface area contributed by atoms with Gasteiger partial charge in [0.05, 0.1) is 0 Å². The van der Waals surface area contributed by atoms with Crippen LogP contribution in [0.3, 0.4) is 0 Å². The van der Waals surface area contributed by atoms with Gasteiger partial charge in [-0.2, -0.15) is 0 Å². The molecule has 0 radical (unpaired) electrons. The summed E-state index contributed by atoms with van der Waals surface area (Å²) in [6.45, 7) is 4.61. The van der Waals surface area contributed by atoms with Crippen molar-refractivity contribution in [2.45, 2.75) is 77.2 Å². The molecule has 0 amide bonds. The zero-order chi connectivity index (χ0) is 14.4. The van der Waals surface area contributed by atoms with Gasteiger partial charge < -0.3 is 0 Å². The largest absolute Gasteiger partial charge is 0.271 e. The summed E-state index contributed by atoms with van der Waals surface area (Å²) in [5.41, 5.74) is 4.73. The van der Waals surface area contributed by atoms with E-state index in [4.69, 9.17) is 5.84 Å². The van der Waals surface area contributed by atoms with Gasteiger partial charge in [0.1, 0.15) is 0 Å². The fourth-order valence-corrected chi connectivity index (χ4v) is 4.63. The van der Waals surface area contributed by atoms with Crippen molar-refractivity contribution >= 4 is 11.3 Å². The Morgan fingerprint density at radius 1 is 1.45 bits per heavy atom. The van der Waals surface area contributed by atoms with Gasteiger partial charge in [-0.05, 0) is 48.6 Å². The minimum absolute atomic E-state index is 0.449. The zero-order valence-corrected chi connectivity index (χ0v) is 13.8. The van der Waals surface area contributed by atoms with E-state index in [0.29, 0.717) is 12.0 Å². The van der Waals surface area contributed by atoms with Crippen LogP contribution in [0.4, 0.5) is 0 Å². The van der Waals surface area contributed by atoms with Crippen molar-refractivity contribution in [3.63, 3.8) is 0 Å². The molecule has 2 rings (SSSR count). The Balaban J connectivity index is 2.02. The Hall–Kier alpha value is -0.380. The lowest BCUT2D eigenvalue weighted by atomic mass is 9.78. The van der Waals surface area contributed by atoms with Crippen LogP contribution >= 0.6 is 11.3 Å². The highest BCUT2D eigenvalue weighted by Gasteiger charge is 2.29. The molecule has 3 atom stereocenters. The molecule has 2 nitrogen and oxygen atoms in total. The summed E-state index contributed by atoms with van der Waals surface area (Å²) < 4.78 is 0. The van der Waals surface area contributed by atoms with Crippen molar-refractivity contribution in [3.8, 4) is 0 Å². The lowest BCUT2D eigenvalue weighted by Crippen LogP contribution is -2.42. The number of nitrogens with two attached hydrogens (primary N) is 1. The second-order valence-corrected chi connectivity index (χ2v) is 7.22. The quantitative estimate of drug-likeness (QED) is 0.543. The Kier molecular flexibility index (Phi) is 6.53. The number of unbranched alkanes of at least 4 members (excludes halogenated alkanes) is 1. The van der Waals surface area contributed by atoms with E-state index in [1.165, 1.54) is 51.4 Å². The van der Waals surface area contributed by atoms with Crippen molar-refractivity contribution in [1.29, 1.82) is 0 Å². The van der Waals surface area contributed by atoms with Crippen molar-refractivity contribution in [2.24, 2.45) is 11.8 Å². The van der Waals surface area contributed by atoms with Crippen LogP contribution in [0.1, 0.15) is 75.2 Å². The van der Waals surface area contributed by atoms with Crippen LogP contribution in [0.25, 0.3) is 0 Å². The first-order valence-corrected chi connectivity index (χ1v) is 9.20. The molecule has 3 unspecified atom stereocenters. The summed E-state index contributed by atoms with van der Waals surface area (Å²) >= 11 is 1.93. The van der Waals surface area contributed by atoms with Gasteiger partial charge in [-0.25, -0.2) is 0 Å². The number of fused-ring (bicyclic) bond motifs is 1. The SMILES string of the molecule is CCCCC(CC)CC(NN)C1CCCc2sccc21. The standard InChI is InChI=1S/C17H30N2S/c1-3-5-7-13(4-2)12-16(19-18)14-8-6-9-17-15(14)10-11-20-17/h10-11,13-14,16,19H,3-9,12,18H2,1-2H3. The van der Waals surface area contributed by atoms with E-state index in [1.807, 2.05) is 11.3 Å². The average Bonchev–Trinajstić information content (AvgIpc) is 2.96. The summed E-state index contributed by atoms with van der Waals surface area (Å²) in [4.78, 5) is 1.60. The number of hydrazine groups is 1. The van der Waals surface area contributed by atoms with Crippen LogP contribution < -0.4 is 11.3 Å². The van der Waals surface area contributed by atoms with Crippen molar-refractivity contribution in [3.05, 3.63) is 21.9 Å². The van der Waals surface area contributed by atoms with Crippen molar-refractivity contribution < 1.29 is 0 Å². The van der Waals surface area contributed by atoms with E-state index in [-0.39, 0.29) is 0 Å². The highest BCUT2D eigenvalue weighted by molar-refractivity contribution is 7.10. The average molecular weight is 295 g/mol. The monoisotopic (exact) mass is 294 g/mol. The summed E-state index contributed by atoms with van der Waals surface area (Å²) in [6, 6.07) is 2.78. The smallest absolute Gasteiger partial charge is 0.0282 e. The molecule has 0 saturated carbocycles. The minimum Gasteiger partial charge on any atom is -0.271 e. The normalized spacial score (nSPS) is 21.4. The molecule has 1 aromatic heterocycles. The molecule has 0 spiro atoms. The molecular weight excluding hydrogens is 264 g/mol. The van der Waals surface area contributed by atoms with Crippen LogP contribution in [0, 0.1) is 5.92 Å². The van der Waals surface area contributed by atoms with E-state index in [9.17, 15) is 0 Å². The fourth-order valence-electron chi connectivity index (χ4n) is 3.63. The molecule has 0 bridgehead atoms. The predicted molar refractivity (Wildman–Crippen MR) is 89.0 cm³/mol. The van der Waals surface area contributed by atoms with Gasteiger partial charge >= 0.3 is 0 Å². The molecule has 0 saturated heterocycles. The summed E-state index contributed by atoms with van der Waals surface area (Å²) in [5, 5.41) is 2.25. The maximum atomic E-state index is 5.91. The van der Waals surface area contributed by atoms with Gasteiger partial charge in [-0.1, -0.05) is 39.5 Å². The molecule has 3 N–H and O–H groups in total. The molecule has 0 aromatic carbocycles. The van der Waals surface area contributed by atoms with Crippen LogP contribution in [0.5, 0.6) is 0 Å². The van der Waals surface area contributed by atoms with Crippen LogP contribution in [0.2, 0.25) is 0 Å². The number of hydrogen-bond donors (Lipinski definition) is 2. The van der Waals surface area contributed by atoms with Crippen molar-refractivity contribution in [2.75, 3.05) is 0 Å². The van der Waals surface area contributed by atoms with Gasteiger partial charge in [-0.3, -0.25) is 11.3 Å². The first-order valence-electron chi connectivity index (χ1n) is 8.32. The summed E-state index contributed by atoms with van der Waals surface area (Å²) in [5.74, 6) is 7.36. The minimum atomic E-state index is 0.449. The van der Waals surface area contributed by atoms with Crippen LogP contribution in [-0.2, 0) is 6.42 Å². The number of aryl methyl sites for hydroxylation is 1. The molecule has 1 aromatic rings. The summed E-state index contributed by atoms with van der Waals surface area (Å²) in [7, 11) is 0. The molecule has 20 heavy (non-hydrogen) atoms. The van der Waals surface area contributed by atoms with Crippen LogP contribution in [0.15, 0.2) is 11.4 Å². The Bertz CT molecular complexity index is 388. The topological polar surface area (TPSA) is 38.0 Å². The fraction of sp³-hybridized carbons (Fsp3) is 0.765. The lowest BCUT2D eigenvalue weighted by Gasteiger charge is -2.32. The predicted octanol–water partition coefficient (Wildman–Crippen LogP) is 4.61. The maximum Gasteiger partial charge on any atom is 0.0282 e. The highest BCUT2D eigenvalue weighted by Crippen LogP contribution is 2.38. The van der Waals surface area contributed by atoms with Gasteiger partial charge in [0.2, 0.25) is 0 Å². The van der Waals surface area contributed by atoms with E-state index in [1.54, 1.807) is 10.4 Å².